The number of piperidine rings is 1. The summed E-state index contributed by atoms with van der Waals surface area (Å²) in [5.74, 6) is -0.0245. The Morgan fingerprint density at radius 1 is 1.36 bits per heavy atom. The van der Waals surface area contributed by atoms with Crippen LogP contribution >= 0.6 is 0 Å². The molecule has 2 aliphatic rings. The summed E-state index contributed by atoms with van der Waals surface area (Å²) in [5, 5.41) is 11.0. The number of carbonyl (C=O) groups excluding carboxylic acids is 1. The Morgan fingerprint density at radius 3 is 2.86 bits per heavy atom. The molecule has 0 spiro atoms. The van der Waals surface area contributed by atoms with Crippen LogP contribution in [0.25, 0.3) is 0 Å². The van der Waals surface area contributed by atoms with E-state index in [1.54, 1.807) is 0 Å². The predicted molar refractivity (Wildman–Crippen MR) is 85.7 cm³/mol. The van der Waals surface area contributed by atoms with Gasteiger partial charge in [0.1, 0.15) is 5.69 Å². The van der Waals surface area contributed by atoms with Crippen LogP contribution in [0.5, 0.6) is 0 Å². The highest BCUT2D eigenvalue weighted by Gasteiger charge is 2.22. The quantitative estimate of drug-likeness (QED) is 0.874. The van der Waals surface area contributed by atoms with E-state index < -0.39 is 0 Å². The van der Waals surface area contributed by atoms with Gasteiger partial charge in [0.2, 0.25) is 0 Å². The molecule has 1 aromatic rings. The molecule has 0 saturated carbocycles. The lowest BCUT2D eigenvalue weighted by Crippen LogP contribution is -2.42. The zero-order valence-electron chi connectivity index (χ0n) is 13.6. The molecule has 1 aromatic heterocycles. The average Bonchev–Trinajstić information content (AvgIpc) is 2.80. The van der Waals surface area contributed by atoms with Crippen LogP contribution in [0.3, 0.4) is 0 Å². The maximum absolute atomic E-state index is 12.4. The molecule has 0 bridgehead atoms. The molecule has 6 nitrogen and oxygen atoms in total. The fourth-order valence-corrected chi connectivity index (χ4v) is 3.26. The highest BCUT2D eigenvalue weighted by molar-refractivity contribution is 5.92. The summed E-state index contributed by atoms with van der Waals surface area (Å²) in [6.45, 7) is 9.28. The van der Waals surface area contributed by atoms with E-state index in [1.165, 1.54) is 0 Å². The monoisotopic (exact) mass is 305 g/mol. The van der Waals surface area contributed by atoms with Crippen LogP contribution in [0.1, 0.15) is 49.3 Å². The fourth-order valence-electron chi connectivity index (χ4n) is 3.26. The number of fused-ring (bicyclic) bond motifs is 1. The maximum atomic E-state index is 12.4. The molecule has 22 heavy (non-hydrogen) atoms. The summed E-state index contributed by atoms with van der Waals surface area (Å²) >= 11 is 0. The maximum Gasteiger partial charge on any atom is 0.272 e. The molecule has 3 rings (SSSR count). The van der Waals surface area contributed by atoms with E-state index in [4.69, 9.17) is 0 Å². The zero-order chi connectivity index (χ0) is 15.5. The van der Waals surface area contributed by atoms with Crippen molar-refractivity contribution < 1.29 is 4.79 Å². The normalized spacial score (nSPS) is 20.7. The molecule has 1 amide bonds. The van der Waals surface area contributed by atoms with Crippen LogP contribution in [-0.4, -0.2) is 52.3 Å². The van der Waals surface area contributed by atoms with E-state index in [1.807, 2.05) is 10.7 Å². The van der Waals surface area contributed by atoms with E-state index in [9.17, 15) is 4.79 Å². The molecule has 3 heterocycles. The van der Waals surface area contributed by atoms with Crippen molar-refractivity contribution in [3.63, 3.8) is 0 Å². The Labute approximate surface area is 132 Å². The zero-order valence-corrected chi connectivity index (χ0v) is 13.6. The van der Waals surface area contributed by atoms with Gasteiger partial charge in [-0.15, -0.1) is 0 Å². The van der Waals surface area contributed by atoms with Crippen molar-refractivity contribution in [3.05, 3.63) is 17.5 Å². The summed E-state index contributed by atoms with van der Waals surface area (Å²) in [6.07, 6.45) is 3.09. The van der Waals surface area contributed by atoms with Crippen molar-refractivity contribution in [3.8, 4) is 0 Å². The van der Waals surface area contributed by atoms with Crippen molar-refractivity contribution in [2.45, 2.75) is 58.3 Å². The smallest absolute Gasteiger partial charge is 0.272 e. The van der Waals surface area contributed by atoms with E-state index in [0.717, 1.165) is 57.7 Å². The van der Waals surface area contributed by atoms with Crippen molar-refractivity contribution >= 4 is 5.91 Å². The third-order valence-corrected chi connectivity index (χ3v) is 4.68. The Kier molecular flexibility index (Phi) is 4.78. The van der Waals surface area contributed by atoms with Crippen molar-refractivity contribution in [1.29, 1.82) is 0 Å². The first kappa shape index (κ1) is 15.5. The number of nitrogens with one attached hydrogen (secondary N) is 2. The van der Waals surface area contributed by atoms with Gasteiger partial charge in [-0.05, 0) is 52.3 Å². The fraction of sp³-hybridized carbons (Fsp3) is 0.750. The minimum atomic E-state index is -0.0245. The summed E-state index contributed by atoms with van der Waals surface area (Å²) < 4.78 is 2.01. The van der Waals surface area contributed by atoms with Crippen molar-refractivity contribution in [2.75, 3.05) is 19.6 Å². The number of aromatic nitrogens is 2. The first-order valence-corrected chi connectivity index (χ1v) is 8.46. The second-order valence-electron chi connectivity index (χ2n) is 6.66. The van der Waals surface area contributed by atoms with Gasteiger partial charge in [0.05, 0.1) is 5.69 Å². The topological polar surface area (TPSA) is 62.2 Å². The number of carbonyl (C=O) groups is 1. The number of nitrogens with zero attached hydrogens (tertiary/aromatic N) is 3. The number of aryl methyl sites for hydroxylation is 1. The Bertz CT molecular complexity index is 519. The first-order valence-electron chi connectivity index (χ1n) is 8.46. The van der Waals surface area contributed by atoms with Crippen LogP contribution in [0, 0.1) is 0 Å². The van der Waals surface area contributed by atoms with Gasteiger partial charge >= 0.3 is 0 Å². The van der Waals surface area contributed by atoms with E-state index in [-0.39, 0.29) is 11.9 Å². The molecule has 0 radical (unpaired) electrons. The van der Waals surface area contributed by atoms with Crippen LogP contribution in [0.2, 0.25) is 0 Å². The minimum Gasteiger partial charge on any atom is -0.348 e. The molecular formula is C16H27N5O. The molecular weight excluding hydrogens is 278 g/mol. The largest absolute Gasteiger partial charge is 0.348 e. The van der Waals surface area contributed by atoms with Gasteiger partial charge < -0.3 is 10.6 Å². The number of rotatable bonds is 3. The van der Waals surface area contributed by atoms with Crippen LogP contribution in [0.15, 0.2) is 6.07 Å². The first-order chi connectivity index (χ1) is 10.6. The van der Waals surface area contributed by atoms with E-state index in [2.05, 4.69) is 34.5 Å². The molecule has 0 atom stereocenters. The Balaban J connectivity index is 1.68. The molecule has 0 aromatic carbocycles. The third kappa shape index (κ3) is 3.50. The van der Waals surface area contributed by atoms with Gasteiger partial charge in [0.15, 0.2) is 0 Å². The third-order valence-electron chi connectivity index (χ3n) is 4.68. The standard InChI is InChI=1S/C16H27N5O/c1-12(2)20-8-3-9-21-14(11-20)10-15(19-21)16(22)18-13-4-6-17-7-5-13/h10,12-13,17H,3-9,11H2,1-2H3,(H,18,22). The summed E-state index contributed by atoms with van der Waals surface area (Å²) in [4.78, 5) is 14.9. The summed E-state index contributed by atoms with van der Waals surface area (Å²) in [7, 11) is 0. The van der Waals surface area contributed by atoms with Crippen molar-refractivity contribution in [1.82, 2.24) is 25.3 Å². The number of hydrogen-bond donors (Lipinski definition) is 2. The average molecular weight is 305 g/mol. The molecule has 1 fully saturated rings. The van der Waals surface area contributed by atoms with Crippen LogP contribution < -0.4 is 10.6 Å². The molecule has 0 unspecified atom stereocenters. The molecule has 6 heteroatoms. The Hall–Kier alpha value is -1.40. The highest BCUT2D eigenvalue weighted by Crippen LogP contribution is 2.16. The Morgan fingerprint density at radius 2 is 2.14 bits per heavy atom. The molecule has 1 saturated heterocycles. The molecule has 0 aliphatic carbocycles. The van der Waals surface area contributed by atoms with Gasteiger partial charge in [0.25, 0.3) is 5.91 Å². The lowest BCUT2D eigenvalue weighted by molar-refractivity contribution is 0.0923. The minimum absolute atomic E-state index is 0.0245. The second kappa shape index (κ2) is 6.79. The molecule has 2 aliphatic heterocycles. The van der Waals surface area contributed by atoms with Crippen LogP contribution in [0.4, 0.5) is 0 Å². The second-order valence-corrected chi connectivity index (χ2v) is 6.66. The van der Waals surface area contributed by atoms with Crippen LogP contribution in [-0.2, 0) is 13.1 Å². The van der Waals surface area contributed by atoms with Gasteiger partial charge in [-0.25, -0.2) is 0 Å². The summed E-state index contributed by atoms with van der Waals surface area (Å²) in [5.41, 5.74) is 1.72. The molecule has 2 N–H and O–H groups in total. The van der Waals surface area contributed by atoms with Crippen molar-refractivity contribution in [2.24, 2.45) is 0 Å². The van der Waals surface area contributed by atoms with Gasteiger partial charge in [-0.2, -0.15) is 5.10 Å². The predicted octanol–water partition coefficient (Wildman–Crippen LogP) is 0.979. The lowest BCUT2D eigenvalue weighted by Gasteiger charge is -2.23. The molecule has 122 valence electrons. The van der Waals surface area contributed by atoms with E-state index >= 15 is 0 Å². The lowest BCUT2D eigenvalue weighted by atomic mass is 10.1. The van der Waals surface area contributed by atoms with Gasteiger partial charge in [0, 0.05) is 31.7 Å². The van der Waals surface area contributed by atoms with E-state index in [0.29, 0.717) is 11.7 Å². The SMILES string of the molecule is CC(C)N1CCCn2nc(C(=O)NC3CCNCC3)cc2C1. The van der Waals surface area contributed by atoms with Gasteiger partial charge in [-0.1, -0.05) is 0 Å². The van der Waals surface area contributed by atoms with Gasteiger partial charge in [-0.3, -0.25) is 14.4 Å². The number of hydrogen-bond acceptors (Lipinski definition) is 4. The highest BCUT2D eigenvalue weighted by atomic mass is 16.2. The number of amides is 1. The summed E-state index contributed by atoms with van der Waals surface area (Å²) in [6, 6.07) is 2.77.